The first-order valence-electron chi connectivity index (χ1n) is 7.48. The Labute approximate surface area is 122 Å². The Morgan fingerprint density at radius 1 is 1.20 bits per heavy atom. The summed E-state index contributed by atoms with van der Waals surface area (Å²) in [6.45, 7) is 5.34. The highest BCUT2D eigenvalue weighted by Gasteiger charge is 1.94. The Bertz CT molecular complexity index is 365. The van der Waals surface area contributed by atoms with Gasteiger partial charge in [-0.1, -0.05) is 37.3 Å². The van der Waals surface area contributed by atoms with E-state index in [1.165, 1.54) is 5.56 Å². The van der Waals surface area contributed by atoms with E-state index >= 15 is 0 Å². The van der Waals surface area contributed by atoms with Crippen molar-refractivity contribution < 1.29 is 4.74 Å². The van der Waals surface area contributed by atoms with Gasteiger partial charge < -0.3 is 15.8 Å². The van der Waals surface area contributed by atoms with Crippen LogP contribution in [0.5, 0.6) is 0 Å². The quantitative estimate of drug-likeness (QED) is 0.392. The van der Waals surface area contributed by atoms with Gasteiger partial charge in [-0.3, -0.25) is 4.99 Å². The number of rotatable bonds is 10. The number of ether oxygens (including phenoxy) is 1. The van der Waals surface area contributed by atoms with Crippen LogP contribution in [0.3, 0.4) is 0 Å². The highest BCUT2D eigenvalue weighted by atomic mass is 16.5. The third kappa shape index (κ3) is 8.53. The van der Waals surface area contributed by atoms with Gasteiger partial charge in [-0.05, 0) is 31.2 Å². The number of nitrogens with two attached hydrogens (primary N) is 1. The molecule has 4 nitrogen and oxygen atoms in total. The first-order chi connectivity index (χ1) is 9.83. The maximum absolute atomic E-state index is 5.69. The van der Waals surface area contributed by atoms with Crippen LogP contribution >= 0.6 is 0 Å². The lowest BCUT2D eigenvalue weighted by Crippen LogP contribution is -2.32. The van der Waals surface area contributed by atoms with Gasteiger partial charge in [0, 0.05) is 19.7 Å². The lowest BCUT2D eigenvalue weighted by Gasteiger charge is -2.06. The molecule has 0 unspecified atom stereocenters. The van der Waals surface area contributed by atoms with E-state index in [2.05, 4.69) is 41.5 Å². The summed E-state index contributed by atoms with van der Waals surface area (Å²) >= 11 is 0. The average molecular weight is 277 g/mol. The second-order valence-corrected chi connectivity index (χ2v) is 4.75. The Morgan fingerprint density at radius 3 is 2.75 bits per heavy atom. The van der Waals surface area contributed by atoms with Crippen molar-refractivity contribution >= 4 is 5.96 Å². The molecular formula is C16H27N3O. The summed E-state index contributed by atoms with van der Waals surface area (Å²) in [4.78, 5) is 4.18. The van der Waals surface area contributed by atoms with Crippen molar-refractivity contribution in [2.45, 2.75) is 32.6 Å². The summed E-state index contributed by atoms with van der Waals surface area (Å²) in [5.41, 5.74) is 7.02. The molecule has 112 valence electrons. The summed E-state index contributed by atoms with van der Waals surface area (Å²) in [7, 11) is 0. The van der Waals surface area contributed by atoms with E-state index in [1.54, 1.807) is 0 Å². The lowest BCUT2D eigenvalue weighted by atomic mass is 10.2. The predicted octanol–water partition coefficient (Wildman–Crippen LogP) is 2.34. The monoisotopic (exact) mass is 277 g/mol. The molecule has 3 N–H and O–H groups in total. The van der Waals surface area contributed by atoms with E-state index in [-0.39, 0.29) is 0 Å². The molecule has 0 aromatic heterocycles. The zero-order valence-electron chi connectivity index (χ0n) is 12.5. The first kappa shape index (κ1) is 16.5. The Morgan fingerprint density at radius 2 is 2.00 bits per heavy atom. The van der Waals surface area contributed by atoms with Gasteiger partial charge in [0.15, 0.2) is 5.96 Å². The van der Waals surface area contributed by atoms with Crippen LogP contribution < -0.4 is 11.1 Å². The summed E-state index contributed by atoms with van der Waals surface area (Å²) in [5, 5.41) is 3.11. The molecule has 0 saturated carbocycles. The fourth-order valence-corrected chi connectivity index (χ4v) is 1.77. The fourth-order valence-electron chi connectivity index (χ4n) is 1.77. The summed E-state index contributed by atoms with van der Waals surface area (Å²) in [6, 6.07) is 10.4. The highest BCUT2D eigenvalue weighted by Crippen LogP contribution is 2.00. The normalized spacial score (nSPS) is 11.6. The number of hydrogen-bond donors (Lipinski definition) is 2. The minimum Gasteiger partial charge on any atom is -0.381 e. The van der Waals surface area contributed by atoms with Gasteiger partial charge >= 0.3 is 0 Å². The maximum atomic E-state index is 5.69. The number of nitrogens with one attached hydrogen (secondary N) is 1. The van der Waals surface area contributed by atoms with E-state index in [9.17, 15) is 0 Å². The summed E-state index contributed by atoms with van der Waals surface area (Å²) in [6.07, 6.45) is 4.10. The van der Waals surface area contributed by atoms with E-state index in [0.29, 0.717) is 5.96 Å². The van der Waals surface area contributed by atoms with Crippen LogP contribution in [0.1, 0.15) is 31.7 Å². The van der Waals surface area contributed by atoms with E-state index in [0.717, 1.165) is 52.0 Å². The van der Waals surface area contributed by atoms with Crippen LogP contribution in [0.25, 0.3) is 0 Å². The molecule has 0 radical (unpaired) electrons. The van der Waals surface area contributed by atoms with Crippen LogP contribution in [0.4, 0.5) is 0 Å². The molecule has 0 amide bonds. The van der Waals surface area contributed by atoms with Crippen LogP contribution in [0.15, 0.2) is 35.3 Å². The van der Waals surface area contributed by atoms with Crippen molar-refractivity contribution in [3.63, 3.8) is 0 Å². The van der Waals surface area contributed by atoms with Crippen molar-refractivity contribution in [3.8, 4) is 0 Å². The molecule has 0 heterocycles. The molecule has 0 aliphatic carbocycles. The van der Waals surface area contributed by atoms with Gasteiger partial charge in [0.05, 0.1) is 6.61 Å². The Kier molecular flexibility index (Phi) is 9.32. The molecule has 0 aliphatic heterocycles. The Hall–Kier alpha value is -1.55. The van der Waals surface area contributed by atoms with Crippen molar-refractivity contribution in [2.24, 2.45) is 10.7 Å². The SMILES string of the molecule is CCCN=C(N)NCCCCOCCc1ccccc1. The second kappa shape index (κ2) is 11.3. The summed E-state index contributed by atoms with van der Waals surface area (Å²) < 4.78 is 5.62. The molecule has 0 aliphatic rings. The van der Waals surface area contributed by atoms with Crippen molar-refractivity contribution in [3.05, 3.63) is 35.9 Å². The molecule has 0 spiro atoms. The van der Waals surface area contributed by atoms with Gasteiger partial charge in [0.25, 0.3) is 0 Å². The highest BCUT2D eigenvalue weighted by molar-refractivity contribution is 5.77. The number of guanidine groups is 1. The van der Waals surface area contributed by atoms with Gasteiger partial charge in [0.1, 0.15) is 0 Å². The molecule has 4 heteroatoms. The van der Waals surface area contributed by atoms with Crippen LogP contribution in [-0.2, 0) is 11.2 Å². The molecular weight excluding hydrogens is 250 g/mol. The van der Waals surface area contributed by atoms with Gasteiger partial charge in [-0.15, -0.1) is 0 Å². The second-order valence-electron chi connectivity index (χ2n) is 4.75. The lowest BCUT2D eigenvalue weighted by molar-refractivity contribution is 0.133. The third-order valence-electron chi connectivity index (χ3n) is 2.91. The fraction of sp³-hybridized carbons (Fsp3) is 0.562. The standard InChI is InChI=1S/C16H27N3O/c1-2-11-18-16(17)19-12-6-7-13-20-14-10-15-8-4-3-5-9-15/h3-5,8-9H,2,6-7,10-14H2,1H3,(H3,17,18,19). The predicted molar refractivity (Wildman–Crippen MR) is 85.0 cm³/mol. The molecule has 0 saturated heterocycles. The van der Waals surface area contributed by atoms with Crippen molar-refractivity contribution in [1.29, 1.82) is 0 Å². The van der Waals surface area contributed by atoms with Gasteiger partial charge in [-0.25, -0.2) is 0 Å². The smallest absolute Gasteiger partial charge is 0.188 e. The molecule has 1 aromatic rings. The number of unbranched alkanes of at least 4 members (excludes halogenated alkanes) is 1. The molecule has 1 rings (SSSR count). The molecule has 1 aromatic carbocycles. The van der Waals surface area contributed by atoms with Crippen LogP contribution in [0, 0.1) is 0 Å². The van der Waals surface area contributed by atoms with Gasteiger partial charge in [-0.2, -0.15) is 0 Å². The van der Waals surface area contributed by atoms with E-state index in [4.69, 9.17) is 10.5 Å². The van der Waals surface area contributed by atoms with Crippen LogP contribution in [0.2, 0.25) is 0 Å². The number of benzene rings is 1. The third-order valence-corrected chi connectivity index (χ3v) is 2.91. The van der Waals surface area contributed by atoms with Crippen molar-refractivity contribution in [1.82, 2.24) is 5.32 Å². The minimum atomic E-state index is 0.553. The van der Waals surface area contributed by atoms with Crippen LogP contribution in [-0.4, -0.2) is 32.3 Å². The topological polar surface area (TPSA) is 59.6 Å². The van der Waals surface area contributed by atoms with E-state index < -0.39 is 0 Å². The van der Waals surface area contributed by atoms with Gasteiger partial charge in [0.2, 0.25) is 0 Å². The number of nitrogens with zero attached hydrogens (tertiary/aromatic N) is 1. The summed E-state index contributed by atoms with van der Waals surface area (Å²) in [5.74, 6) is 0.553. The molecule has 20 heavy (non-hydrogen) atoms. The largest absolute Gasteiger partial charge is 0.381 e. The Balaban J connectivity index is 1.90. The number of hydrogen-bond acceptors (Lipinski definition) is 2. The zero-order valence-corrected chi connectivity index (χ0v) is 12.5. The molecule has 0 atom stereocenters. The molecule has 0 fully saturated rings. The zero-order chi connectivity index (χ0) is 14.5. The molecule has 0 bridgehead atoms. The minimum absolute atomic E-state index is 0.553. The number of aliphatic imine (C=N–C) groups is 1. The average Bonchev–Trinajstić information content (AvgIpc) is 2.49. The maximum Gasteiger partial charge on any atom is 0.188 e. The van der Waals surface area contributed by atoms with Crippen molar-refractivity contribution in [2.75, 3.05) is 26.3 Å². The van der Waals surface area contributed by atoms with E-state index in [1.807, 2.05) is 6.07 Å². The first-order valence-corrected chi connectivity index (χ1v) is 7.48.